The second-order valence-corrected chi connectivity index (χ2v) is 6.34. The van der Waals surface area contributed by atoms with Crippen LogP contribution >= 0.6 is 0 Å². The molecule has 0 heterocycles. The number of aliphatic hydroxyl groups is 1. The highest BCUT2D eigenvalue weighted by Gasteiger charge is 2.43. The van der Waals surface area contributed by atoms with Crippen LogP contribution in [0.1, 0.15) is 58.3 Å². The van der Waals surface area contributed by atoms with Crippen LogP contribution in [0.5, 0.6) is 0 Å². The third-order valence-corrected chi connectivity index (χ3v) is 5.43. The molecule has 0 radical (unpaired) electrons. The van der Waals surface area contributed by atoms with E-state index >= 15 is 0 Å². The standard InChI is InChI=1S/C15H30N2O/c1-2-13-7-5-9-15(13,11-16)17-14-8-4-3-6-12(14)10-18/h12-14,17-18H,2-11,16H2,1H3. The van der Waals surface area contributed by atoms with Crippen molar-refractivity contribution in [3.8, 4) is 0 Å². The van der Waals surface area contributed by atoms with Gasteiger partial charge in [0.25, 0.3) is 0 Å². The van der Waals surface area contributed by atoms with E-state index in [0.29, 0.717) is 18.6 Å². The molecule has 2 aliphatic carbocycles. The molecule has 2 fully saturated rings. The first-order valence-electron chi connectivity index (χ1n) is 7.84. The Morgan fingerprint density at radius 2 is 2.00 bits per heavy atom. The van der Waals surface area contributed by atoms with E-state index in [9.17, 15) is 5.11 Å². The van der Waals surface area contributed by atoms with Crippen LogP contribution in [0.2, 0.25) is 0 Å². The lowest BCUT2D eigenvalue weighted by Crippen LogP contribution is -2.59. The molecule has 0 aromatic carbocycles. The number of hydrogen-bond acceptors (Lipinski definition) is 3. The highest BCUT2D eigenvalue weighted by molar-refractivity contribution is 5.02. The average molecular weight is 254 g/mol. The van der Waals surface area contributed by atoms with Gasteiger partial charge in [-0.2, -0.15) is 0 Å². The molecule has 2 aliphatic rings. The summed E-state index contributed by atoms with van der Waals surface area (Å²) in [5.41, 5.74) is 6.27. The van der Waals surface area contributed by atoms with Crippen molar-refractivity contribution < 1.29 is 5.11 Å². The van der Waals surface area contributed by atoms with E-state index in [1.54, 1.807) is 0 Å². The topological polar surface area (TPSA) is 58.3 Å². The normalized spacial score (nSPS) is 41.2. The Bertz CT molecular complexity index is 259. The van der Waals surface area contributed by atoms with Gasteiger partial charge in [0.2, 0.25) is 0 Å². The molecule has 0 aromatic rings. The summed E-state index contributed by atoms with van der Waals surface area (Å²) in [6.07, 6.45) is 10.0. The molecule has 106 valence electrons. The van der Waals surface area contributed by atoms with E-state index < -0.39 is 0 Å². The van der Waals surface area contributed by atoms with Gasteiger partial charge in [0, 0.05) is 24.7 Å². The first kappa shape index (κ1) is 14.3. The van der Waals surface area contributed by atoms with Gasteiger partial charge in [-0.3, -0.25) is 0 Å². The Labute approximate surface area is 112 Å². The molecule has 0 bridgehead atoms. The van der Waals surface area contributed by atoms with Gasteiger partial charge in [-0.05, 0) is 37.5 Å². The minimum absolute atomic E-state index is 0.157. The fraction of sp³-hybridized carbons (Fsp3) is 1.00. The van der Waals surface area contributed by atoms with E-state index in [1.165, 1.54) is 51.4 Å². The van der Waals surface area contributed by atoms with Gasteiger partial charge < -0.3 is 16.2 Å². The van der Waals surface area contributed by atoms with E-state index in [1.807, 2.05) is 0 Å². The van der Waals surface area contributed by atoms with Crippen LogP contribution in [0.4, 0.5) is 0 Å². The molecule has 18 heavy (non-hydrogen) atoms. The van der Waals surface area contributed by atoms with Gasteiger partial charge in [0.1, 0.15) is 0 Å². The predicted octanol–water partition coefficient (Wildman–Crippen LogP) is 2.03. The van der Waals surface area contributed by atoms with Crippen molar-refractivity contribution in [1.82, 2.24) is 5.32 Å². The molecule has 0 aliphatic heterocycles. The largest absolute Gasteiger partial charge is 0.396 e. The summed E-state index contributed by atoms with van der Waals surface area (Å²) in [5.74, 6) is 1.17. The van der Waals surface area contributed by atoms with Crippen molar-refractivity contribution in [3.63, 3.8) is 0 Å². The Hall–Kier alpha value is -0.120. The maximum atomic E-state index is 9.54. The number of nitrogens with two attached hydrogens (primary N) is 1. The number of hydrogen-bond donors (Lipinski definition) is 3. The lowest BCUT2D eigenvalue weighted by Gasteiger charge is -2.42. The second kappa shape index (κ2) is 6.36. The third-order valence-electron chi connectivity index (χ3n) is 5.43. The Morgan fingerprint density at radius 3 is 2.67 bits per heavy atom. The Kier molecular flexibility index (Phi) is 5.05. The lowest BCUT2D eigenvalue weighted by molar-refractivity contribution is 0.113. The maximum Gasteiger partial charge on any atom is 0.0474 e. The smallest absolute Gasteiger partial charge is 0.0474 e. The minimum atomic E-state index is 0.157. The van der Waals surface area contributed by atoms with Gasteiger partial charge in [0.15, 0.2) is 0 Å². The molecule has 2 rings (SSSR count). The molecule has 3 nitrogen and oxygen atoms in total. The van der Waals surface area contributed by atoms with E-state index in [-0.39, 0.29) is 5.54 Å². The van der Waals surface area contributed by atoms with Crippen LogP contribution in [0, 0.1) is 11.8 Å². The highest BCUT2D eigenvalue weighted by Crippen LogP contribution is 2.39. The summed E-state index contributed by atoms with van der Waals surface area (Å²) in [6, 6.07) is 0.486. The second-order valence-electron chi connectivity index (χ2n) is 6.34. The zero-order valence-corrected chi connectivity index (χ0v) is 11.8. The van der Waals surface area contributed by atoms with Gasteiger partial charge in [0.05, 0.1) is 0 Å². The van der Waals surface area contributed by atoms with E-state index in [4.69, 9.17) is 5.73 Å². The zero-order valence-electron chi connectivity index (χ0n) is 11.8. The first-order chi connectivity index (χ1) is 8.75. The van der Waals surface area contributed by atoms with Crippen LogP contribution in [-0.4, -0.2) is 29.8 Å². The summed E-state index contributed by atoms with van der Waals surface area (Å²) < 4.78 is 0. The van der Waals surface area contributed by atoms with Crippen molar-refractivity contribution in [2.45, 2.75) is 69.9 Å². The first-order valence-corrected chi connectivity index (χ1v) is 7.84. The third kappa shape index (κ3) is 2.73. The summed E-state index contributed by atoms with van der Waals surface area (Å²) in [5, 5.41) is 13.4. The fourth-order valence-electron chi connectivity index (χ4n) is 4.24. The SMILES string of the molecule is CCC1CCCC1(CN)NC1CCCCC1CO. The average Bonchev–Trinajstić information content (AvgIpc) is 2.82. The molecule has 0 spiro atoms. The summed E-state index contributed by atoms with van der Waals surface area (Å²) in [6.45, 7) is 3.36. The molecule has 4 N–H and O–H groups in total. The van der Waals surface area contributed by atoms with E-state index in [0.717, 1.165) is 12.5 Å². The molecule has 4 unspecified atom stereocenters. The lowest BCUT2D eigenvalue weighted by atomic mass is 9.79. The van der Waals surface area contributed by atoms with Crippen LogP contribution < -0.4 is 11.1 Å². The van der Waals surface area contributed by atoms with Gasteiger partial charge in [-0.1, -0.05) is 32.6 Å². The number of rotatable bonds is 5. The van der Waals surface area contributed by atoms with Gasteiger partial charge >= 0.3 is 0 Å². The van der Waals surface area contributed by atoms with Crippen molar-refractivity contribution in [2.75, 3.05) is 13.2 Å². The van der Waals surface area contributed by atoms with Crippen LogP contribution in [0.25, 0.3) is 0 Å². The van der Waals surface area contributed by atoms with Crippen LogP contribution in [0.15, 0.2) is 0 Å². The minimum Gasteiger partial charge on any atom is -0.396 e. The van der Waals surface area contributed by atoms with Crippen molar-refractivity contribution in [3.05, 3.63) is 0 Å². The molecule has 4 atom stereocenters. The van der Waals surface area contributed by atoms with Crippen molar-refractivity contribution in [1.29, 1.82) is 0 Å². The van der Waals surface area contributed by atoms with Gasteiger partial charge in [-0.25, -0.2) is 0 Å². The van der Waals surface area contributed by atoms with Crippen LogP contribution in [-0.2, 0) is 0 Å². The summed E-state index contributed by atoms with van der Waals surface area (Å²) >= 11 is 0. The molecular weight excluding hydrogens is 224 g/mol. The number of nitrogens with one attached hydrogen (secondary N) is 1. The molecular formula is C15H30N2O. The molecule has 0 saturated heterocycles. The molecule has 0 aromatic heterocycles. The monoisotopic (exact) mass is 254 g/mol. The number of aliphatic hydroxyl groups excluding tert-OH is 1. The van der Waals surface area contributed by atoms with Crippen molar-refractivity contribution >= 4 is 0 Å². The van der Waals surface area contributed by atoms with Crippen molar-refractivity contribution in [2.24, 2.45) is 17.6 Å². The Balaban J connectivity index is 2.04. The molecule has 3 heteroatoms. The van der Waals surface area contributed by atoms with E-state index in [2.05, 4.69) is 12.2 Å². The zero-order chi connectivity index (χ0) is 13.0. The molecule has 0 amide bonds. The van der Waals surface area contributed by atoms with Gasteiger partial charge in [-0.15, -0.1) is 0 Å². The summed E-state index contributed by atoms with van der Waals surface area (Å²) in [4.78, 5) is 0. The van der Waals surface area contributed by atoms with Crippen LogP contribution in [0.3, 0.4) is 0 Å². The Morgan fingerprint density at radius 1 is 1.22 bits per heavy atom. The predicted molar refractivity (Wildman–Crippen MR) is 75.4 cm³/mol. The fourth-order valence-corrected chi connectivity index (χ4v) is 4.24. The summed E-state index contributed by atoms with van der Waals surface area (Å²) in [7, 11) is 0. The molecule has 2 saturated carbocycles. The quantitative estimate of drug-likeness (QED) is 0.703. The highest BCUT2D eigenvalue weighted by atomic mass is 16.3. The maximum absolute atomic E-state index is 9.54.